The molecule has 1 saturated heterocycles. The van der Waals surface area contributed by atoms with Crippen LogP contribution < -0.4 is 0 Å². The molecule has 184 valence electrons. The number of benzene rings is 2. The van der Waals surface area contributed by atoms with Gasteiger partial charge < -0.3 is 23.3 Å². The molecule has 0 spiro atoms. The van der Waals surface area contributed by atoms with E-state index in [1.54, 1.807) is 88.4 Å². The Labute approximate surface area is 200 Å². The van der Waals surface area contributed by atoms with Crippen molar-refractivity contribution in [2.75, 3.05) is 6.61 Å². The van der Waals surface area contributed by atoms with E-state index in [0.717, 1.165) is 0 Å². The summed E-state index contributed by atoms with van der Waals surface area (Å²) in [7, 11) is -3.73. The number of hydrogen-bond donors (Lipinski definition) is 0. The molecule has 0 N–H and O–H groups in total. The summed E-state index contributed by atoms with van der Waals surface area (Å²) in [6, 6.07) is 17.0. The SMILES string of the molecule is CC(C)OP(=O)(OC(C)C)[C@H]1C[C@@H](OC(=O)c2ccccc2)[C@@H](COC(=O)c2ccccc2)O1. The summed E-state index contributed by atoms with van der Waals surface area (Å²) < 4.78 is 42.1. The Bertz CT molecular complexity index is 978. The zero-order valence-corrected chi connectivity index (χ0v) is 20.7. The summed E-state index contributed by atoms with van der Waals surface area (Å²) >= 11 is 0. The molecule has 3 rings (SSSR count). The van der Waals surface area contributed by atoms with Crippen LogP contribution in [-0.2, 0) is 27.8 Å². The Morgan fingerprint density at radius 1 is 0.882 bits per heavy atom. The number of carbonyl (C=O) groups excluding carboxylic acids is 2. The smallest absolute Gasteiger partial charge is 0.359 e. The van der Waals surface area contributed by atoms with Gasteiger partial charge in [-0.05, 0) is 52.0 Å². The lowest BCUT2D eigenvalue weighted by molar-refractivity contribution is -0.0367. The van der Waals surface area contributed by atoms with Gasteiger partial charge in [-0.1, -0.05) is 36.4 Å². The summed E-state index contributed by atoms with van der Waals surface area (Å²) in [6.07, 6.45) is -2.35. The third-order valence-electron chi connectivity index (χ3n) is 4.90. The quantitative estimate of drug-likeness (QED) is 0.330. The van der Waals surface area contributed by atoms with Crippen LogP contribution in [0, 0.1) is 0 Å². The van der Waals surface area contributed by atoms with Gasteiger partial charge in [0.2, 0.25) is 0 Å². The molecule has 0 aromatic heterocycles. The number of hydrogen-bond acceptors (Lipinski definition) is 8. The first-order valence-electron chi connectivity index (χ1n) is 11.3. The van der Waals surface area contributed by atoms with E-state index in [1.165, 1.54) is 0 Å². The molecule has 0 aliphatic carbocycles. The molecule has 3 atom stereocenters. The lowest BCUT2D eigenvalue weighted by Crippen LogP contribution is -2.32. The molecular weight excluding hydrogens is 459 g/mol. The number of carbonyl (C=O) groups is 2. The Hall–Kier alpha value is -2.51. The van der Waals surface area contributed by atoms with Crippen LogP contribution in [0.1, 0.15) is 54.8 Å². The van der Waals surface area contributed by atoms with E-state index >= 15 is 0 Å². The lowest BCUT2D eigenvalue weighted by Gasteiger charge is -2.27. The number of rotatable bonds is 10. The second kappa shape index (κ2) is 11.8. The van der Waals surface area contributed by atoms with E-state index in [2.05, 4.69) is 0 Å². The first-order chi connectivity index (χ1) is 16.2. The third-order valence-corrected chi connectivity index (χ3v) is 7.37. The number of ether oxygens (including phenoxy) is 3. The Balaban J connectivity index is 1.78. The van der Waals surface area contributed by atoms with Gasteiger partial charge >= 0.3 is 19.5 Å². The van der Waals surface area contributed by atoms with E-state index in [-0.39, 0.29) is 25.2 Å². The molecule has 0 bridgehead atoms. The Morgan fingerprint density at radius 2 is 1.38 bits per heavy atom. The summed E-state index contributed by atoms with van der Waals surface area (Å²) in [6.45, 7) is 6.80. The fourth-order valence-corrected chi connectivity index (χ4v) is 5.78. The van der Waals surface area contributed by atoms with E-state index in [4.69, 9.17) is 23.3 Å². The van der Waals surface area contributed by atoms with Crippen molar-refractivity contribution in [2.24, 2.45) is 0 Å². The molecule has 0 radical (unpaired) electrons. The van der Waals surface area contributed by atoms with Gasteiger partial charge in [-0.25, -0.2) is 9.59 Å². The minimum Gasteiger partial charge on any atom is -0.459 e. The van der Waals surface area contributed by atoms with Crippen LogP contribution in [0.2, 0.25) is 0 Å². The van der Waals surface area contributed by atoms with Crippen LogP contribution in [-0.4, -0.2) is 48.8 Å². The van der Waals surface area contributed by atoms with Crippen molar-refractivity contribution in [1.82, 2.24) is 0 Å². The third kappa shape index (κ3) is 7.00. The molecule has 0 amide bonds. The fraction of sp³-hybridized carbons (Fsp3) is 0.440. The average Bonchev–Trinajstić information content (AvgIpc) is 3.21. The van der Waals surface area contributed by atoms with E-state index in [0.29, 0.717) is 11.1 Å². The first kappa shape index (κ1) is 26.1. The molecule has 1 heterocycles. The maximum absolute atomic E-state index is 13.6. The van der Waals surface area contributed by atoms with E-state index in [9.17, 15) is 14.2 Å². The summed E-state index contributed by atoms with van der Waals surface area (Å²) in [5.74, 6) is -2.08. The monoisotopic (exact) mass is 490 g/mol. The topological polar surface area (TPSA) is 97.4 Å². The van der Waals surface area contributed by atoms with Crippen molar-refractivity contribution in [2.45, 2.75) is 64.4 Å². The zero-order chi connectivity index (χ0) is 24.7. The van der Waals surface area contributed by atoms with Crippen LogP contribution in [0.5, 0.6) is 0 Å². The molecule has 2 aromatic carbocycles. The fourth-order valence-electron chi connectivity index (χ4n) is 3.51. The molecule has 1 aliphatic heterocycles. The molecule has 0 saturated carbocycles. The Kier molecular flexibility index (Phi) is 9.03. The Morgan fingerprint density at radius 3 is 1.88 bits per heavy atom. The average molecular weight is 490 g/mol. The van der Waals surface area contributed by atoms with Gasteiger partial charge in [-0.3, -0.25) is 4.57 Å². The highest BCUT2D eigenvalue weighted by Crippen LogP contribution is 2.59. The minimum atomic E-state index is -3.73. The minimum absolute atomic E-state index is 0.0723. The van der Waals surface area contributed by atoms with Crippen LogP contribution in [0.15, 0.2) is 60.7 Å². The first-order valence-corrected chi connectivity index (χ1v) is 12.9. The van der Waals surface area contributed by atoms with Gasteiger partial charge in [-0.15, -0.1) is 0 Å². The number of esters is 2. The highest BCUT2D eigenvalue weighted by molar-refractivity contribution is 7.54. The van der Waals surface area contributed by atoms with Crippen molar-refractivity contribution < 1.29 is 37.4 Å². The maximum atomic E-state index is 13.6. The lowest BCUT2D eigenvalue weighted by atomic mass is 10.2. The second-order valence-corrected chi connectivity index (χ2v) is 10.6. The summed E-state index contributed by atoms with van der Waals surface area (Å²) in [5.41, 5.74) is 0.748. The summed E-state index contributed by atoms with van der Waals surface area (Å²) in [5, 5.41) is 0. The maximum Gasteiger partial charge on any atom is 0.359 e. The van der Waals surface area contributed by atoms with Gasteiger partial charge in [0.15, 0.2) is 5.85 Å². The zero-order valence-electron chi connectivity index (χ0n) is 19.8. The highest BCUT2D eigenvalue weighted by atomic mass is 31.2. The van der Waals surface area contributed by atoms with Gasteiger partial charge in [0.1, 0.15) is 18.8 Å². The van der Waals surface area contributed by atoms with Crippen LogP contribution in [0.25, 0.3) is 0 Å². The van der Waals surface area contributed by atoms with E-state index < -0.39 is 37.6 Å². The van der Waals surface area contributed by atoms with Crippen molar-refractivity contribution in [3.63, 3.8) is 0 Å². The molecule has 0 unspecified atom stereocenters. The highest BCUT2D eigenvalue weighted by Gasteiger charge is 2.50. The van der Waals surface area contributed by atoms with Gasteiger partial charge in [0.25, 0.3) is 0 Å². The van der Waals surface area contributed by atoms with Crippen molar-refractivity contribution in [3.05, 3.63) is 71.8 Å². The van der Waals surface area contributed by atoms with Crippen molar-refractivity contribution >= 4 is 19.5 Å². The van der Waals surface area contributed by atoms with Crippen LogP contribution in [0.4, 0.5) is 0 Å². The predicted octanol–water partition coefficient (Wildman–Crippen LogP) is 5.23. The standard InChI is InChI=1S/C25H31O8P/c1-17(2)32-34(28,33-18(3)4)23-15-21(31-25(27)20-13-9-6-10-14-20)22(30-23)16-29-24(26)19-11-7-5-8-12-19/h5-14,17-18,21-23H,15-16H2,1-4H3/t21-,22-,23+/m1/s1. The molecule has 9 heteroatoms. The van der Waals surface area contributed by atoms with Crippen LogP contribution in [0.3, 0.4) is 0 Å². The van der Waals surface area contributed by atoms with Gasteiger partial charge in [0, 0.05) is 6.42 Å². The summed E-state index contributed by atoms with van der Waals surface area (Å²) in [4.78, 5) is 25.1. The van der Waals surface area contributed by atoms with Gasteiger partial charge in [0.05, 0.1) is 23.3 Å². The van der Waals surface area contributed by atoms with Crippen molar-refractivity contribution in [3.8, 4) is 0 Å². The van der Waals surface area contributed by atoms with Crippen molar-refractivity contribution in [1.29, 1.82) is 0 Å². The molecule has 8 nitrogen and oxygen atoms in total. The second-order valence-electron chi connectivity index (χ2n) is 8.49. The predicted molar refractivity (Wildman–Crippen MR) is 126 cm³/mol. The largest absolute Gasteiger partial charge is 0.459 e. The molecule has 1 aliphatic rings. The van der Waals surface area contributed by atoms with Crippen LogP contribution >= 0.6 is 7.60 Å². The normalized spacial score (nSPS) is 20.5. The van der Waals surface area contributed by atoms with E-state index in [1.807, 2.05) is 0 Å². The molecular formula is C25H31O8P. The molecule has 34 heavy (non-hydrogen) atoms. The molecule has 2 aromatic rings. The molecule has 1 fully saturated rings. The van der Waals surface area contributed by atoms with Gasteiger partial charge in [-0.2, -0.15) is 0 Å².